The third-order valence-electron chi connectivity index (χ3n) is 5.38. The first-order valence-corrected chi connectivity index (χ1v) is 10.1. The Kier molecular flexibility index (Phi) is 5.89. The summed E-state index contributed by atoms with van der Waals surface area (Å²) in [4.78, 5) is 12.1. The molecule has 4 rings (SSSR count). The third-order valence-corrected chi connectivity index (χ3v) is 5.38. The second kappa shape index (κ2) is 8.90. The molecule has 1 aromatic carbocycles. The van der Waals surface area contributed by atoms with E-state index in [4.69, 9.17) is 0 Å². The van der Waals surface area contributed by atoms with E-state index in [1.165, 1.54) is 12.8 Å². The van der Waals surface area contributed by atoms with Crippen LogP contribution in [0.1, 0.15) is 35.5 Å². The molecule has 6 nitrogen and oxygen atoms in total. The standard InChI is InChI=1S/C23H25N5O/c1-16-7-8-20(26-25-16)13-18-11-19(12-18)14-21-9-10-22(28-27-21)24-23(29)15-17-5-3-2-4-6-17/h2-10,18-19H,11-15H2,1H3,(H,24,28,29). The van der Waals surface area contributed by atoms with Gasteiger partial charge in [-0.15, -0.1) is 5.10 Å². The maximum atomic E-state index is 12.1. The predicted octanol–water partition coefficient (Wildman–Crippen LogP) is 3.57. The maximum Gasteiger partial charge on any atom is 0.229 e. The zero-order valence-electron chi connectivity index (χ0n) is 16.6. The van der Waals surface area contributed by atoms with Gasteiger partial charge >= 0.3 is 0 Å². The first-order valence-electron chi connectivity index (χ1n) is 10.1. The Morgan fingerprint density at radius 3 is 2.10 bits per heavy atom. The van der Waals surface area contributed by atoms with E-state index < -0.39 is 0 Å². The molecule has 1 aliphatic carbocycles. The van der Waals surface area contributed by atoms with Gasteiger partial charge in [0.25, 0.3) is 0 Å². The number of anilines is 1. The van der Waals surface area contributed by atoms with Gasteiger partial charge in [-0.1, -0.05) is 30.3 Å². The zero-order chi connectivity index (χ0) is 20.1. The Morgan fingerprint density at radius 2 is 1.52 bits per heavy atom. The summed E-state index contributed by atoms with van der Waals surface area (Å²) < 4.78 is 0. The summed E-state index contributed by atoms with van der Waals surface area (Å²) in [6.07, 6.45) is 4.64. The highest BCUT2D eigenvalue weighted by molar-refractivity contribution is 5.91. The molecule has 3 aromatic rings. The second-order valence-corrected chi connectivity index (χ2v) is 7.90. The Morgan fingerprint density at radius 1 is 0.862 bits per heavy atom. The lowest BCUT2D eigenvalue weighted by Gasteiger charge is -2.35. The van der Waals surface area contributed by atoms with E-state index in [2.05, 4.69) is 31.8 Å². The smallest absolute Gasteiger partial charge is 0.229 e. The number of hydrogen-bond acceptors (Lipinski definition) is 5. The van der Waals surface area contributed by atoms with Gasteiger partial charge in [0, 0.05) is 0 Å². The molecule has 0 unspecified atom stereocenters. The lowest BCUT2D eigenvalue weighted by molar-refractivity contribution is -0.115. The fourth-order valence-electron chi connectivity index (χ4n) is 3.84. The average Bonchev–Trinajstić information content (AvgIpc) is 2.70. The number of hydrogen-bond donors (Lipinski definition) is 1. The largest absolute Gasteiger partial charge is 0.309 e. The topological polar surface area (TPSA) is 80.7 Å². The number of carbonyl (C=O) groups is 1. The highest BCUT2D eigenvalue weighted by Crippen LogP contribution is 2.37. The SMILES string of the molecule is Cc1ccc(CC2CC(Cc3ccc(NC(=O)Cc4ccccc4)nn3)C2)nn1. The van der Waals surface area contributed by atoms with Crippen LogP contribution in [0.2, 0.25) is 0 Å². The second-order valence-electron chi connectivity index (χ2n) is 7.90. The van der Waals surface area contributed by atoms with Crippen molar-refractivity contribution in [3.05, 3.63) is 77.2 Å². The molecule has 0 saturated heterocycles. The van der Waals surface area contributed by atoms with Gasteiger partial charge in [-0.2, -0.15) is 15.3 Å². The van der Waals surface area contributed by atoms with Crippen LogP contribution in [0.25, 0.3) is 0 Å². The molecular weight excluding hydrogens is 362 g/mol. The molecule has 0 bridgehead atoms. The number of nitrogens with one attached hydrogen (secondary N) is 1. The van der Waals surface area contributed by atoms with Crippen molar-refractivity contribution in [1.82, 2.24) is 20.4 Å². The van der Waals surface area contributed by atoms with Crippen molar-refractivity contribution in [3.63, 3.8) is 0 Å². The summed E-state index contributed by atoms with van der Waals surface area (Å²) in [5, 5.41) is 19.7. The zero-order valence-corrected chi connectivity index (χ0v) is 16.6. The maximum absolute atomic E-state index is 12.1. The van der Waals surface area contributed by atoms with E-state index in [-0.39, 0.29) is 5.91 Å². The molecule has 0 spiro atoms. The van der Waals surface area contributed by atoms with E-state index in [1.807, 2.05) is 55.5 Å². The van der Waals surface area contributed by atoms with Gasteiger partial charge in [-0.05, 0) is 74.3 Å². The highest BCUT2D eigenvalue weighted by atomic mass is 16.1. The molecule has 1 fully saturated rings. The van der Waals surface area contributed by atoms with E-state index in [0.29, 0.717) is 24.1 Å². The molecule has 0 atom stereocenters. The number of aromatic nitrogens is 4. The summed E-state index contributed by atoms with van der Waals surface area (Å²) in [5.41, 5.74) is 3.99. The van der Waals surface area contributed by atoms with Crippen LogP contribution in [0.15, 0.2) is 54.6 Å². The lowest BCUT2D eigenvalue weighted by Crippen LogP contribution is -2.27. The number of carbonyl (C=O) groups excluding carboxylic acids is 1. The van der Waals surface area contributed by atoms with Crippen molar-refractivity contribution >= 4 is 11.7 Å². The first kappa shape index (κ1) is 19.2. The third kappa shape index (κ3) is 5.44. The number of nitrogens with zero attached hydrogens (tertiary/aromatic N) is 4. The van der Waals surface area contributed by atoms with Crippen LogP contribution >= 0.6 is 0 Å². The minimum absolute atomic E-state index is 0.0840. The number of rotatable bonds is 7. The molecule has 1 N–H and O–H groups in total. The Balaban J connectivity index is 1.21. The fourth-order valence-corrected chi connectivity index (χ4v) is 3.84. The summed E-state index contributed by atoms with van der Waals surface area (Å²) in [5.74, 6) is 1.74. The average molecular weight is 387 g/mol. The first-order chi connectivity index (χ1) is 14.1. The quantitative estimate of drug-likeness (QED) is 0.670. The van der Waals surface area contributed by atoms with Crippen molar-refractivity contribution < 1.29 is 4.79 Å². The minimum atomic E-state index is -0.0840. The van der Waals surface area contributed by atoms with E-state index in [9.17, 15) is 4.79 Å². The molecule has 6 heteroatoms. The van der Waals surface area contributed by atoms with Crippen LogP contribution in [0, 0.1) is 18.8 Å². The summed E-state index contributed by atoms with van der Waals surface area (Å²) in [7, 11) is 0. The van der Waals surface area contributed by atoms with Crippen LogP contribution < -0.4 is 5.32 Å². The van der Waals surface area contributed by atoms with Crippen molar-refractivity contribution in [1.29, 1.82) is 0 Å². The Hall–Kier alpha value is -3.15. The molecule has 1 amide bonds. The predicted molar refractivity (Wildman–Crippen MR) is 111 cm³/mol. The molecule has 1 aliphatic rings. The number of amides is 1. The molecule has 2 heterocycles. The van der Waals surface area contributed by atoms with Crippen LogP contribution in [-0.4, -0.2) is 26.3 Å². The highest BCUT2D eigenvalue weighted by Gasteiger charge is 2.29. The van der Waals surface area contributed by atoms with E-state index in [0.717, 1.165) is 35.5 Å². The van der Waals surface area contributed by atoms with E-state index >= 15 is 0 Å². The van der Waals surface area contributed by atoms with Crippen LogP contribution in [0.5, 0.6) is 0 Å². The molecule has 2 aromatic heterocycles. The van der Waals surface area contributed by atoms with Crippen LogP contribution in [0.4, 0.5) is 5.82 Å². The summed E-state index contributed by atoms with van der Waals surface area (Å²) in [6, 6.07) is 17.6. The van der Waals surface area contributed by atoms with Crippen molar-refractivity contribution in [2.75, 3.05) is 5.32 Å². The lowest BCUT2D eigenvalue weighted by atomic mass is 9.71. The van der Waals surface area contributed by atoms with Crippen molar-refractivity contribution in [2.24, 2.45) is 11.8 Å². The molecule has 1 saturated carbocycles. The van der Waals surface area contributed by atoms with Gasteiger partial charge in [0.05, 0.1) is 23.5 Å². The molecule has 0 aliphatic heterocycles. The van der Waals surface area contributed by atoms with E-state index in [1.54, 1.807) is 0 Å². The molecular formula is C23H25N5O. The fraction of sp³-hybridized carbons (Fsp3) is 0.348. The van der Waals surface area contributed by atoms with Gasteiger partial charge in [0.1, 0.15) is 0 Å². The van der Waals surface area contributed by atoms with Crippen LogP contribution in [-0.2, 0) is 24.1 Å². The minimum Gasteiger partial charge on any atom is -0.309 e. The Bertz CT molecular complexity index is 935. The van der Waals surface area contributed by atoms with Crippen LogP contribution in [0.3, 0.4) is 0 Å². The monoisotopic (exact) mass is 387 g/mol. The normalized spacial score (nSPS) is 18.1. The Labute approximate surface area is 170 Å². The van der Waals surface area contributed by atoms with Gasteiger partial charge in [-0.25, -0.2) is 0 Å². The van der Waals surface area contributed by atoms with Gasteiger partial charge < -0.3 is 5.32 Å². The van der Waals surface area contributed by atoms with Crippen molar-refractivity contribution in [3.8, 4) is 0 Å². The molecule has 29 heavy (non-hydrogen) atoms. The number of benzene rings is 1. The van der Waals surface area contributed by atoms with Gasteiger partial charge in [-0.3, -0.25) is 4.79 Å². The molecule has 0 radical (unpaired) electrons. The van der Waals surface area contributed by atoms with Gasteiger partial charge in [0.15, 0.2) is 5.82 Å². The number of aryl methyl sites for hydroxylation is 1. The van der Waals surface area contributed by atoms with Gasteiger partial charge in [0.2, 0.25) is 5.91 Å². The van der Waals surface area contributed by atoms with Crippen molar-refractivity contribution in [2.45, 2.75) is 39.0 Å². The molecule has 148 valence electrons. The summed E-state index contributed by atoms with van der Waals surface area (Å²) in [6.45, 7) is 1.96. The summed E-state index contributed by atoms with van der Waals surface area (Å²) >= 11 is 0.